The molecule has 1 heteroatoms. The summed E-state index contributed by atoms with van der Waals surface area (Å²) in [6.45, 7) is 6.08. The molecule has 3 aromatic carbocycles. The van der Waals surface area contributed by atoms with Gasteiger partial charge in [0.25, 0.3) is 0 Å². The van der Waals surface area contributed by atoms with E-state index in [2.05, 4.69) is 98.5 Å². The highest BCUT2D eigenvalue weighted by atomic mass is 16.5. The normalized spacial score (nSPS) is 12.8. The topological polar surface area (TPSA) is 9.23 Å². The van der Waals surface area contributed by atoms with Crippen LogP contribution in [-0.4, -0.2) is 6.10 Å². The quantitative estimate of drug-likeness (QED) is 0.295. The molecule has 3 rings (SSSR count). The summed E-state index contributed by atoms with van der Waals surface area (Å²) in [6.07, 6.45) is 7.91. The molecule has 0 saturated carbocycles. The van der Waals surface area contributed by atoms with E-state index >= 15 is 0 Å². The van der Waals surface area contributed by atoms with Crippen LogP contribution < -0.4 is 0 Å². The van der Waals surface area contributed by atoms with Gasteiger partial charge in [0.1, 0.15) is 5.60 Å². The van der Waals surface area contributed by atoms with Gasteiger partial charge >= 0.3 is 0 Å². The zero-order valence-electron chi connectivity index (χ0n) is 16.5. The van der Waals surface area contributed by atoms with E-state index < -0.39 is 5.60 Å². The molecule has 0 heterocycles. The van der Waals surface area contributed by atoms with Gasteiger partial charge in [-0.15, -0.1) is 6.58 Å². The fourth-order valence-electron chi connectivity index (χ4n) is 3.57. The zero-order chi connectivity index (χ0) is 19.7. The van der Waals surface area contributed by atoms with Crippen molar-refractivity contribution in [3.63, 3.8) is 0 Å². The van der Waals surface area contributed by atoms with E-state index in [1.54, 1.807) is 0 Å². The van der Waals surface area contributed by atoms with E-state index in [9.17, 15) is 0 Å². The summed E-state index contributed by atoms with van der Waals surface area (Å²) >= 11 is 0. The van der Waals surface area contributed by atoms with E-state index in [0.717, 1.165) is 29.5 Å². The Balaban J connectivity index is 2.24. The highest BCUT2D eigenvalue weighted by Crippen LogP contribution is 2.41. The molecular formula is C27H28O. The fourth-order valence-corrected chi connectivity index (χ4v) is 3.57. The third-order valence-corrected chi connectivity index (χ3v) is 4.85. The van der Waals surface area contributed by atoms with Gasteiger partial charge in [0, 0.05) is 0 Å². The molecule has 0 aromatic heterocycles. The van der Waals surface area contributed by atoms with Gasteiger partial charge in [0.05, 0.1) is 6.10 Å². The van der Waals surface area contributed by atoms with Crippen LogP contribution >= 0.6 is 0 Å². The minimum absolute atomic E-state index is 0.0712. The average Bonchev–Trinajstić information content (AvgIpc) is 2.77. The maximum absolute atomic E-state index is 6.98. The fraction of sp³-hybridized carbons (Fsp3) is 0.185. The van der Waals surface area contributed by atoms with Gasteiger partial charge in [-0.2, -0.15) is 0 Å². The predicted molar refractivity (Wildman–Crippen MR) is 118 cm³/mol. The van der Waals surface area contributed by atoms with E-state index in [1.807, 2.05) is 24.3 Å². The van der Waals surface area contributed by atoms with Crippen LogP contribution in [0.3, 0.4) is 0 Å². The molecule has 1 atom stereocenters. The highest BCUT2D eigenvalue weighted by molar-refractivity contribution is 5.47. The third kappa shape index (κ3) is 4.32. The number of allylic oxidation sites excluding steroid dienone is 1. The first kappa shape index (κ1) is 19.9. The molecule has 0 amide bonds. The van der Waals surface area contributed by atoms with E-state index in [0.29, 0.717) is 0 Å². The molecule has 0 bridgehead atoms. The van der Waals surface area contributed by atoms with Crippen LogP contribution in [0.25, 0.3) is 0 Å². The predicted octanol–water partition coefficient (Wildman–Crippen LogP) is 6.91. The van der Waals surface area contributed by atoms with Crippen LogP contribution in [0, 0.1) is 0 Å². The lowest BCUT2D eigenvalue weighted by Crippen LogP contribution is -2.36. The molecule has 0 saturated heterocycles. The van der Waals surface area contributed by atoms with Gasteiger partial charge in [-0.05, 0) is 29.5 Å². The molecule has 0 aliphatic carbocycles. The van der Waals surface area contributed by atoms with E-state index in [-0.39, 0.29) is 6.10 Å². The van der Waals surface area contributed by atoms with Crippen LogP contribution in [0.2, 0.25) is 0 Å². The molecule has 0 radical (unpaired) electrons. The van der Waals surface area contributed by atoms with Crippen molar-refractivity contribution in [3.8, 4) is 0 Å². The summed E-state index contributed by atoms with van der Waals surface area (Å²) in [7, 11) is 0. The van der Waals surface area contributed by atoms with Crippen molar-refractivity contribution in [3.05, 3.63) is 132 Å². The molecule has 0 aliphatic heterocycles. The number of benzene rings is 3. The molecule has 3 aromatic rings. The van der Waals surface area contributed by atoms with Crippen molar-refractivity contribution < 1.29 is 4.74 Å². The van der Waals surface area contributed by atoms with Crippen LogP contribution in [0.15, 0.2) is 116 Å². The second-order valence-corrected chi connectivity index (χ2v) is 6.80. The first-order valence-electron chi connectivity index (χ1n) is 9.93. The van der Waals surface area contributed by atoms with Gasteiger partial charge in [-0.1, -0.05) is 116 Å². The minimum Gasteiger partial charge on any atom is -0.353 e. The summed E-state index contributed by atoms with van der Waals surface area (Å²) in [5.41, 5.74) is 2.65. The van der Waals surface area contributed by atoms with Gasteiger partial charge in [0.15, 0.2) is 0 Å². The van der Waals surface area contributed by atoms with Crippen molar-refractivity contribution in [2.75, 3.05) is 0 Å². The monoisotopic (exact) mass is 368 g/mol. The second kappa shape index (κ2) is 9.87. The highest BCUT2D eigenvalue weighted by Gasteiger charge is 2.39. The summed E-state index contributed by atoms with van der Waals surface area (Å²) < 4.78 is 6.98. The SMILES string of the molecule is C=CCC(/C=C/CC)OC(c1ccccc1)(c1ccccc1)c1ccccc1. The Bertz CT molecular complexity index is 769. The lowest BCUT2D eigenvalue weighted by Gasteiger charge is -2.38. The molecule has 0 aliphatic rings. The summed E-state index contributed by atoms with van der Waals surface area (Å²) in [6, 6.07) is 31.5. The first-order chi connectivity index (χ1) is 13.8. The molecule has 1 nitrogen and oxygen atoms in total. The van der Waals surface area contributed by atoms with Crippen molar-refractivity contribution in [2.24, 2.45) is 0 Å². The summed E-state index contributed by atoms with van der Waals surface area (Å²) in [4.78, 5) is 0. The molecule has 0 fully saturated rings. The van der Waals surface area contributed by atoms with Gasteiger partial charge in [-0.25, -0.2) is 0 Å². The lowest BCUT2D eigenvalue weighted by atomic mass is 9.80. The third-order valence-electron chi connectivity index (χ3n) is 4.85. The van der Waals surface area contributed by atoms with Gasteiger partial charge in [-0.3, -0.25) is 0 Å². The van der Waals surface area contributed by atoms with Crippen molar-refractivity contribution >= 4 is 0 Å². The summed E-state index contributed by atoms with van der Waals surface area (Å²) in [5, 5.41) is 0. The summed E-state index contributed by atoms with van der Waals surface area (Å²) in [5.74, 6) is 0. The smallest absolute Gasteiger partial charge is 0.144 e. The molecule has 0 N–H and O–H groups in total. The molecule has 0 spiro atoms. The minimum atomic E-state index is -0.699. The van der Waals surface area contributed by atoms with E-state index in [1.165, 1.54) is 0 Å². The van der Waals surface area contributed by atoms with E-state index in [4.69, 9.17) is 4.74 Å². The van der Waals surface area contributed by atoms with Gasteiger partial charge in [0.2, 0.25) is 0 Å². The standard InChI is InChI=1S/C27H28O/c1-3-5-22-26(15-4-2)28-27(23-16-9-6-10-17-23,24-18-11-7-12-19-24)25-20-13-8-14-21-25/h4-14,16-22,26H,2-3,15H2,1H3/b22-5+. The number of ether oxygens (including phenoxy) is 1. The molecule has 1 unspecified atom stereocenters. The Kier molecular flexibility index (Phi) is 7.00. The van der Waals surface area contributed by atoms with Gasteiger partial charge < -0.3 is 4.74 Å². The average molecular weight is 369 g/mol. The lowest BCUT2D eigenvalue weighted by molar-refractivity contribution is -0.0229. The van der Waals surface area contributed by atoms with Crippen LogP contribution in [0.5, 0.6) is 0 Å². The zero-order valence-corrected chi connectivity index (χ0v) is 16.5. The van der Waals surface area contributed by atoms with Crippen LogP contribution in [0.4, 0.5) is 0 Å². The van der Waals surface area contributed by atoms with Crippen LogP contribution in [-0.2, 0) is 10.3 Å². The number of hydrogen-bond donors (Lipinski definition) is 0. The molecular weight excluding hydrogens is 340 g/mol. The maximum atomic E-state index is 6.98. The molecule has 28 heavy (non-hydrogen) atoms. The Morgan fingerprint density at radius 1 is 0.786 bits per heavy atom. The second-order valence-electron chi connectivity index (χ2n) is 6.80. The van der Waals surface area contributed by atoms with Crippen molar-refractivity contribution in [1.29, 1.82) is 0 Å². The van der Waals surface area contributed by atoms with Crippen molar-refractivity contribution in [1.82, 2.24) is 0 Å². The number of rotatable bonds is 9. The largest absolute Gasteiger partial charge is 0.353 e. The maximum Gasteiger partial charge on any atom is 0.144 e. The Morgan fingerprint density at radius 2 is 1.21 bits per heavy atom. The van der Waals surface area contributed by atoms with Crippen LogP contribution in [0.1, 0.15) is 36.5 Å². The Hall–Kier alpha value is -2.90. The molecule has 142 valence electrons. The number of hydrogen-bond acceptors (Lipinski definition) is 1. The Morgan fingerprint density at radius 3 is 1.57 bits per heavy atom. The first-order valence-corrected chi connectivity index (χ1v) is 9.93. The van der Waals surface area contributed by atoms with Crippen molar-refractivity contribution in [2.45, 2.75) is 31.5 Å². The Labute approximate surface area is 169 Å².